The molecule has 0 saturated heterocycles. The summed E-state index contributed by atoms with van der Waals surface area (Å²) in [5.74, 6) is 0.967. The molecule has 1 aromatic rings. The molecule has 0 radical (unpaired) electrons. The highest BCUT2D eigenvalue weighted by Gasteiger charge is 2.44. The lowest BCUT2D eigenvalue weighted by atomic mass is 9.64. The molecule has 0 heterocycles. The maximum absolute atomic E-state index is 12.9. The van der Waals surface area contributed by atoms with Crippen LogP contribution in [0.5, 0.6) is 5.75 Å². The topological polar surface area (TPSA) is 38.3 Å². The van der Waals surface area contributed by atoms with Crippen molar-refractivity contribution in [1.82, 2.24) is 5.32 Å². The second-order valence-corrected chi connectivity index (χ2v) is 5.66. The lowest BCUT2D eigenvalue weighted by Gasteiger charge is -2.40. The number of aryl methyl sites for hydroxylation is 2. The molecule has 2 rings (SSSR count). The van der Waals surface area contributed by atoms with E-state index in [1.54, 1.807) is 7.11 Å². The summed E-state index contributed by atoms with van der Waals surface area (Å²) in [6, 6.07) is 4.02. The largest absolute Gasteiger partial charge is 0.496 e. The zero-order valence-corrected chi connectivity index (χ0v) is 12.3. The lowest BCUT2D eigenvalue weighted by molar-refractivity contribution is 0.0611. The number of carbonyl (C=O) groups is 1. The Morgan fingerprint density at radius 1 is 1.37 bits per heavy atom. The number of Topliss-reactive ketones (excluding diaryl/α,β-unsaturated/α-hetero) is 1. The minimum atomic E-state index is -0.220. The molecular weight excluding hydrogens is 238 g/mol. The molecular formula is C16H23NO2. The number of benzene rings is 1. The van der Waals surface area contributed by atoms with Gasteiger partial charge in [0, 0.05) is 12.0 Å². The fourth-order valence-electron chi connectivity index (χ4n) is 3.11. The Hall–Kier alpha value is -1.35. The van der Waals surface area contributed by atoms with Crippen molar-refractivity contribution in [2.45, 2.75) is 33.1 Å². The van der Waals surface area contributed by atoms with Crippen molar-refractivity contribution in [3.05, 3.63) is 28.8 Å². The summed E-state index contributed by atoms with van der Waals surface area (Å²) in [4.78, 5) is 12.9. The van der Waals surface area contributed by atoms with Crippen LogP contribution in [-0.4, -0.2) is 26.5 Å². The van der Waals surface area contributed by atoms with Crippen LogP contribution < -0.4 is 10.1 Å². The Kier molecular flexibility index (Phi) is 3.95. The Morgan fingerprint density at radius 2 is 2.05 bits per heavy atom. The third-order valence-corrected chi connectivity index (χ3v) is 4.18. The van der Waals surface area contributed by atoms with Gasteiger partial charge in [0.1, 0.15) is 5.75 Å². The number of hydrogen-bond donors (Lipinski definition) is 1. The van der Waals surface area contributed by atoms with Crippen LogP contribution in [0.4, 0.5) is 0 Å². The van der Waals surface area contributed by atoms with E-state index in [-0.39, 0.29) is 11.2 Å². The molecule has 1 aliphatic rings. The lowest BCUT2D eigenvalue weighted by Crippen LogP contribution is -2.45. The first-order chi connectivity index (χ1) is 9.04. The quantitative estimate of drug-likeness (QED) is 0.828. The number of nitrogens with one attached hydrogen (secondary N) is 1. The van der Waals surface area contributed by atoms with E-state index >= 15 is 0 Å². The van der Waals surface area contributed by atoms with Gasteiger partial charge in [-0.05, 0) is 50.9 Å². The molecule has 0 atom stereocenters. The molecule has 0 amide bonds. The second-order valence-electron chi connectivity index (χ2n) is 5.66. The molecule has 0 bridgehead atoms. The summed E-state index contributed by atoms with van der Waals surface area (Å²) >= 11 is 0. The fourth-order valence-corrected chi connectivity index (χ4v) is 3.11. The van der Waals surface area contributed by atoms with Crippen LogP contribution in [0.2, 0.25) is 0 Å². The number of methoxy groups -OCH3 is 1. The average molecular weight is 261 g/mol. The van der Waals surface area contributed by atoms with Crippen molar-refractivity contribution in [2.24, 2.45) is 5.41 Å². The number of hydrogen-bond acceptors (Lipinski definition) is 3. The summed E-state index contributed by atoms with van der Waals surface area (Å²) in [5, 5.41) is 3.17. The summed E-state index contributed by atoms with van der Waals surface area (Å²) in [6.45, 7) is 4.77. The second kappa shape index (κ2) is 5.33. The van der Waals surface area contributed by atoms with Crippen LogP contribution in [0.1, 0.15) is 40.7 Å². The zero-order valence-electron chi connectivity index (χ0n) is 12.3. The predicted octanol–water partition coefficient (Wildman–Crippen LogP) is 2.88. The number of carbonyl (C=O) groups excluding carboxylic acids is 1. The molecule has 0 unspecified atom stereocenters. The molecule has 0 aromatic heterocycles. The maximum atomic E-state index is 12.9. The minimum Gasteiger partial charge on any atom is -0.496 e. The molecule has 3 heteroatoms. The van der Waals surface area contributed by atoms with Gasteiger partial charge in [-0.15, -0.1) is 0 Å². The van der Waals surface area contributed by atoms with Gasteiger partial charge >= 0.3 is 0 Å². The number of ketones is 1. The van der Waals surface area contributed by atoms with Crippen molar-refractivity contribution in [3.63, 3.8) is 0 Å². The number of ether oxygens (including phenoxy) is 1. The summed E-state index contributed by atoms with van der Waals surface area (Å²) in [7, 11) is 3.55. The first-order valence-corrected chi connectivity index (χ1v) is 6.89. The van der Waals surface area contributed by atoms with E-state index in [1.165, 1.54) is 0 Å². The molecule has 1 aliphatic carbocycles. The van der Waals surface area contributed by atoms with Crippen molar-refractivity contribution in [2.75, 3.05) is 20.7 Å². The van der Waals surface area contributed by atoms with Crippen molar-refractivity contribution >= 4 is 5.78 Å². The minimum absolute atomic E-state index is 0.220. The van der Waals surface area contributed by atoms with Crippen LogP contribution in [0.3, 0.4) is 0 Å². The molecule has 0 spiro atoms. The number of rotatable bonds is 5. The summed E-state index contributed by atoms with van der Waals surface area (Å²) < 4.78 is 5.45. The van der Waals surface area contributed by atoms with E-state index in [4.69, 9.17) is 4.74 Å². The molecule has 1 N–H and O–H groups in total. The van der Waals surface area contributed by atoms with Gasteiger partial charge in [-0.25, -0.2) is 0 Å². The van der Waals surface area contributed by atoms with E-state index < -0.39 is 0 Å². The SMILES string of the molecule is CNCC1(C(=O)c2cc(C)cc(C)c2OC)CCC1. The Bertz CT molecular complexity index is 490. The third-order valence-electron chi connectivity index (χ3n) is 4.18. The average Bonchev–Trinajstić information content (AvgIpc) is 2.32. The molecule has 1 saturated carbocycles. The molecule has 3 nitrogen and oxygen atoms in total. The third kappa shape index (κ3) is 2.39. The van der Waals surface area contributed by atoms with Gasteiger partial charge in [-0.2, -0.15) is 0 Å². The van der Waals surface area contributed by atoms with Crippen LogP contribution in [0.15, 0.2) is 12.1 Å². The van der Waals surface area contributed by atoms with Crippen LogP contribution >= 0.6 is 0 Å². The molecule has 19 heavy (non-hydrogen) atoms. The van der Waals surface area contributed by atoms with E-state index in [2.05, 4.69) is 11.4 Å². The predicted molar refractivity (Wildman–Crippen MR) is 77.0 cm³/mol. The Morgan fingerprint density at radius 3 is 2.53 bits per heavy atom. The first kappa shape index (κ1) is 14.1. The van der Waals surface area contributed by atoms with Gasteiger partial charge in [0.15, 0.2) is 5.78 Å². The monoisotopic (exact) mass is 261 g/mol. The highest BCUT2D eigenvalue weighted by atomic mass is 16.5. The van der Waals surface area contributed by atoms with E-state index in [0.717, 1.165) is 48.2 Å². The van der Waals surface area contributed by atoms with Crippen molar-refractivity contribution in [3.8, 4) is 5.75 Å². The van der Waals surface area contributed by atoms with Crippen LogP contribution in [0, 0.1) is 19.3 Å². The van der Waals surface area contributed by atoms with Gasteiger partial charge < -0.3 is 10.1 Å². The zero-order chi connectivity index (χ0) is 14.0. The summed E-state index contributed by atoms with van der Waals surface area (Å²) in [5.41, 5.74) is 2.67. The highest BCUT2D eigenvalue weighted by Crippen LogP contribution is 2.44. The van der Waals surface area contributed by atoms with E-state index in [1.807, 2.05) is 27.0 Å². The van der Waals surface area contributed by atoms with Crippen LogP contribution in [0.25, 0.3) is 0 Å². The standard InChI is InChI=1S/C16H23NO2/c1-11-8-12(2)14(19-4)13(9-11)15(18)16(10-17-3)6-5-7-16/h8-9,17H,5-7,10H2,1-4H3. The Labute approximate surface area is 115 Å². The van der Waals surface area contributed by atoms with Gasteiger partial charge in [0.05, 0.1) is 12.7 Å². The van der Waals surface area contributed by atoms with E-state index in [0.29, 0.717) is 0 Å². The molecule has 1 aromatic carbocycles. The van der Waals surface area contributed by atoms with Gasteiger partial charge in [-0.3, -0.25) is 4.79 Å². The molecule has 1 fully saturated rings. The molecule has 0 aliphatic heterocycles. The Balaban J connectivity index is 2.43. The van der Waals surface area contributed by atoms with Crippen LogP contribution in [-0.2, 0) is 0 Å². The highest BCUT2D eigenvalue weighted by molar-refractivity contribution is 6.04. The van der Waals surface area contributed by atoms with Gasteiger partial charge in [0.2, 0.25) is 0 Å². The van der Waals surface area contributed by atoms with Crippen molar-refractivity contribution in [1.29, 1.82) is 0 Å². The first-order valence-electron chi connectivity index (χ1n) is 6.89. The van der Waals surface area contributed by atoms with Crippen molar-refractivity contribution < 1.29 is 9.53 Å². The maximum Gasteiger partial charge on any atom is 0.174 e. The van der Waals surface area contributed by atoms with Gasteiger partial charge in [0.25, 0.3) is 0 Å². The van der Waals surface area contributed by atoms with Gasteiger partial charge in [-0.1, -0.05) is 12.5 Å². The van der Waals surface area contributed by atoms with E-state index in [9.17, 15) is 4.79 Å². The fraction of sp³-hybridized carbons (Fsp3) is 0.562. The normalized spacial score (nSPS) is 16.8. The smallest absolute Gasteiger partial charge is 0.174 e. The summed E-state index contributed by atoms with van der Waals surface area (Å²) in [6.07, 6.45) is 3.09. The molecule has 104 valence electrons.